The van der Waals surface area contributed by atoms with E-state index in [-0.39, 0.29) is 0 Å². The predicted molar refractivity (Wildman–Crippen MR) is 72.0 cm³/mol. The fraction of sp³-hybridized carbons (Fsp3) is 0.0588. The van der Waals surface area contributed by atoms with Crippen LogP contribution in [-0.4, -0.2) is 0 Å². The quantitative estimate of drug-likeness (QED) is 0.602. The van der Waals surface area contributed by atoms with Crippen molar-refractivity contribution in [3.05, 3.63) is 83.9 Å². The zero-order valence-corrected chi connectivity index (χ0v) is 9.56. The van der Waals surface area contributed by atoms with Crippen LogP contribution in [0.2, 0.25) is 0 Å². The zero-order valence-electron chi connectivity index (χ0n) is 9.56. The molecule has 0 aliphatic heterocycles. The lowest BCUT2D eigenvalue weighted by Gasteiger charge is -2.03. The van der Waals surface area contributed by atoms with Gasteiger partial charge in [0.15, 0.2) is 0 Å². The molecule has 0 atom stereocenters. The molecular weight excluding hydrogens is 204 g/mol. The van der Waals surface area contributed by atoms with Crippen LogP contribution in [-0.2, 0) is 6.42 Å². The molecule has 0 aromatic heterocycles. The Labute approximate surface area is 102 Å². The molecule has 0 nitrogen and oxygen atoms in total. The first-order valence-electron chi connectivity index (χ1n) is 5.85. The minimum atomic E-state index is 0.974. The van der Waals surface area contributed by atoms with Gasteiger partial charge in [-0.15, -0.1) is 0 Å². The smallest absolute Gasteiger partial charge is 0.00253 e. The van der Waals surface area contributed by atoms with E-state index in [9.17, 15) is 0 Å². The van der Waals surface area contributed by atoms with Crippen molar-refractivity contribution in [2.45, 2.75) is 6.42 Å². The monoisotopic (exact) mass is 217 g/mol. The van der Waals surface area contributed by atoms with Gasteiger partial charge in [-0.1, -0.05) is 66.7 Å². The van der Waals surface area contributed by atoms with E-state index < -0.39 is 0 Å². The van der Waals surface area contributed by atoms with Crippen LogP contribution in [0, 0.1) is 6.07 Å². The highest BCUT2D eigenvalue weighted by Crippen LogP contribution is 2.17. The predicted octanol–water partition coefficient (Wildman–Crippen LogP) is 4.23. The maximum Gasteiger partial charge on any atom is -0.00253 e. The van der Waals surface area contributed by atoms with E-state index >= 15 is 0 Å². The van der Waals surface area contributed by atoms with Crippen molar-refractivity contribution in [1.29, 1.82) is 0 Å². The molecule has 0 saturated carbocycles. The maximum absolute atomic E-state index is 3.34. The van der Waals surface area contributed by atoms with E-state index in [0.717, 1.165) is 6.42 Å². The molecular formula is C17H13. The summed E-state index contributed by atoms with van der Waals surface area (Å²) in [5.74, 6) is 0. The van der Waals surface area contributed by atoms with Crippen LogP contribution in [0.25, 0.3) is 10.8 Å². The highest BCUT2D eigenvalue weighted by atomic mass is 14.0. The second-order valence-electron chi connectivity index (χ2n) is 4.26. The summed E-state index contributed by atoms with van der Waals surface area (Å²) in [7, 11) is 0. The fourth-order valence-corrected chi connectivity index (χ4v) is 2.10. The lowest BCUT2D eigenvalue weighted by molar-refractivity contribution is 1.20. The largest absolute Gasteiger partial charge is 0.0622 e. The molecule has 3 aromatic rings. The molecule has 3 aromatic carbocycles. The van der Waals surface area contributed by atoms with Gasteiger partial charge in [0.25, 0.3) is 0 Å². The van der Waals surface area contributed by atoms with Gasteiger partial charge in [0, 0.05) is 0 Å². The zero-order chi connectivity index (χ0) is 11.5. The number of hydrogen-bond acceptors (Lipinski definition) is 0. The van der Waals surface area contributed by atoms with Gasteiger partial charge in [-0.05, 0) is 34.4 Å². The minimum absolute atomic E-state index is 0.974. The Morgan fingerprint density at radius 3 is 2.41 bits per heavy atom. The van der Waals surface area contributed by atoms with E-state index in [1.54, 1.807) is 0 Å². The molecule has 0 aliphatic carbocycles. The lowest BCUT2D eigenvalue weighted by atomic mass is 10.0. The molecule has 3 rings (SSSR count). The topological polar surface area (TPSA) is 0 Å². The molecule has 0 unspecified atom stereocenters. The summed E-state index contributed by atoms with van der Waals surface area (Å²) in [5, 5.41) is 2.45. The van der Waals surface area contributed by atoms with Gasteiger partial charge in [-0.3, -0.25) is 0 Å². The molecule has 0 amide bonds. The van der Waals surface area contributed by atoms with Crippen LogP contribution in [0.15, 0.2) is 66.7 Å². The Hall–Kier alpha value is -2.08. The van der Waals surface area contributed by atoms with E-state index in [4.69, 9.17) is 0 Å². The van der Waals surface area contributed by atoms with Gasteiger partial charge in [-0.2, -0.15) is 0 Å². The van der Waals surface area contributed by atoms with Crippen molar-refractivity contribution >= 4 is 10.8 Å². The number of hydrogen-bond donors (Lipinski definition) is 0. The van der Waals surface area contributed by atoms with Gasteiger partial charge < -0.3 is 0 Å². The fourth-order valence-electron chi connectivity index (χ4n) is 2.10. The molecule has 0 heterocycles. The summed E-state index contributed by atoms with van der Waals surface area (Å²) in [6.45, 7) is 0. The van der Waals surface area contributed by atoms with E-state index in [1.165, 1.54) is 21.9 Å². The lowest BCUT2D eigenvalue weighted by Crippen LogP contribution is -1.87. The minimum Gasteiger partial charge on any atom is -0.0622 e. The summed E-state index contributed by atoms with van der Waals surface area (Å²) in [5.41, 5.74) is 2.66. The van der Waals surface area contributed by atoms with Crippen molar-refractivity contribution in [1.82, 2.24) is 0 Å². The first-order valence-corrected chi connectivity index (χ1v) is 5.85. The highest BCUT2D eigenvalue weighted by Gasteiger charge is 1.98. The number of benzene rings is 3. The second kappa shape index (κ2) is 4.42. The Kier molecular flexibility index (Phi) is 2.63. The van der Waals surface area contributed by atoms with Crippen LogP contribution in [0.4, 0.5) is 0 Å². The molecule has 17 heavy (non-hydrogen) atoms. The van der Waals surface area contributed by atoms with Crippen molar-refractivity contribution in [3.63, 3.8) is 0 Å². The van der Waals surface area contributed by atoms with Crippen molar-refractivity contribution in [2.24, 2.45) is 0 Å². The average molecular weight is 217 g/mol. The van der Waals surface area contributed by atoms with Gasteiger partial charge in [0.05, 0.1) is 0 Å². The van der Waals surface area contributed by atoms with Crippen molar-refractivity contribution in [3.8, 4) is 0 Å². The average Bonchev–Trinajstić information content (AvgIpc) is 2.40. The van der Waals surface area contributed by atoms with Crippen LogP contribution in [0.1, 0.15) is 11.1 Å². The normalized spacial score (nSPS) is 10.6. The highest BCUT2D eigenvalue weighted by molar-refractivity contribution is 5.82. The van der Waals surface area contributed by atoms with Crippen molar-refractivity contribution < 1.29 is 0 Å². The van der Waals surface area contributed by atoms with Gasteiger partial charge in [0.1, 0.15) is 0 Å². The molecule has 0 spiro atoms. The molecule has 1 radical (unpaired) electrons. The van der Waals surface area contributed by atoms with Crippen LogP contribution in [0.5, 0.6) is 0 Å². The van der Waals surface area contributed by atoms with Crippen LogP contribution >= 0.6 is 0 Å². The van der Waals surface area contributed by atoms with Crippen LogP contribution in [0.3, 0.4) is 0 Å². The molecule has 0 fully saturated rings. The summed E-state index contributed by atoms with van der Waals surface area (Å²) in [6, 6.07) is 26.6. The summed E-state index contributed by atoms with van der Waals surface area (Å²) in [6.07, 6.45) is 0.974. The SMILES string of the molecule is [c]1cc(Cc2ccccc2)cc2ccccc12. The Balaban J connectivity index is 1.96. The van der Waals surface area contributed by atoms with Gasteiger partial charge in [-0.25, -0.2) is 0 Å². The molecule has 0 aliphatic rings. The van der Waals surface area contributed by atoms with Gasteiger partial charge in [0.2, 0.25) is 0 Å². The molecule has 0 heteroatoms. The number of fused-ring (bicyclic) bond motifs is 1. The number of rotatable bonds is 2. The van der Waals surface area contributed by atoms with Crippen molar-refractivity contribution in [2.75, 3.05) is 0 Å². The first-order chi connectivity index (χ1) is 8.42. The van der Waals surface area contributed by atoms with E-state index in [0.29, 0.717) is 0 Å². The maximum atomic E-state index is 3.34. The standard InChI is InChI=1S/C17H13/c1-2-6-14(7-3-1)12-15-10-11-16-8-4-5-9-17(16)13-15/h1-10,13H,12H2. The third kappa shape index (κ3) is 2.21. The molecule has 81 valence electrons. The Morgan fingerprint density at radius 2 is 1.53 bits per heavy atom. The first kappa shape index (κ1) is 10.1. The Bertz CT molecular complexity index is 624. The van der Waals surface area contributed by atoms with Gasteiger partial charge >= 0.3 is 0 Å². The second-order valence-corrected chi connectivity index (χ2v) is 4.26. The molecule has 0 bridgehead atoms. The summed E-state index contributed by atoms with van der Waals surface area (Å²) >= 11 is 0. The summed E-state index contributed by atoms with van der Waals surface area (Å²) < 4.78 is 0. The van der Waals surface area contributed by atoms with Crippen LogP contribution < -0.4 is 0 Å². The Morgan fingerprint density at radius 1 is 0.765 bits per heavy atom. The third-order valence-electron chi connectivity index (χ3n) is 2.97. The van der Waals surface area contributed by atoms with E-state index in [2.05, 4.69) is 72.8 Å². The molecule has 0 saturated heterocycles. The molecule has 0 N–H and O–H groups in total. The third-order valence-corrected chi connectivity index (χ3v) is 2.97. The van der Waals surface area contributed by atoms with E-state index in [1.807, 2.05) is 0 Å². The summed E-state index contributed by atoms with van der Waals surface area (Å²) in [4.78, 5) is 0.